The molecule has 14 heavy (non-hydrogen) atoms. The van der Waals surface area contributed by atoms with Crippen molar-refractivity contribution in [1.82, 2.24) is 5.06 Å². The van der Waals surface area contributed by atoms with Crippen LogP contribution in [0.1, 0.15) is 20.3 Å². The van der Waals surface area contributed by atoms with Gasteiger partial charge in [-0.15, -0.1) is 0 Å². The van der Waals surface area contributed by atoms with Crippen molar-refractivity contribution in [2.24, 2.45) is 17.8 Å². The van der Waals surface area contributed by atoms with Crippen LogP contribution in [0, 0.1) is 17.8 Å². The highest BCUT2D eigenvalue weighted by Gasteiger charge is 2.50. The van der Waals surface area contributed by atoms with E-state index in [1.165, 1.54) is 0 Å². The van der Waals surface area contributed by atoms with Gasteiger partial charge < -0.3 is 0 Å². The third-order valence-electron chi connectivity index (χ3n) is 3.11. The first-order valence-corrected chi connectivity index (χ1v) is 4.76. The molecule has 3 atom stereocenters. The first kappa shape index (κ1) is 9.40. The van der Waals surface area contributed by atoms with E-state index in [9.17, 15) is 14.8 Å². The Kier molecular flexibility index (Phi) is 1.96. The Morgan fingerprint density at radius 1 is 1.43 bits per heavy atom. The largest absolute Gasteiger partial charge is 0.278 e. The van der Waals surface area contributed by atoms with E-state index >= 15 is 0 Å². The van der Waals surface area contributed by atoms with Crippen molar-refractivity contribution in [1.29, 1.82) is 0 Å². The van der Waals surface area contributed by atoms with Gasteiger partial charge in [0.25, 0.3) is 11.8 Å². The molecule has 0 aromatic heterocycles. The van der Waals surface area contributed by atoms with Crippen molar-refractivity contribution >= 4 is 11.8 Å². The van der Waals surface area contributed by atoms with Crippen molar-refractivity contribution in [2.45, 2.75) is 20.3 Å². The number of rotatable bonds is 0. The van der Waals surface area contributed by atoms with E-state index in [-0.39, 0.29) is 22.8 Å². The van der Waals surface area contributed by atoms with Gasteiger partial charge in [-0.25, -0.2) is 0 Å². The maximum Gasteiger partial charge on any atom is 0.257 e. The molecule has 2 rings (SSSR count). The number of nitrogens with zero attached hydrogens (tertiary/aromatic N) is 1. The van der Waals surface area contributed by atoms with Gasteiger partial charge in [0.1, 0.15) is 0 Å². The molecule has 0 saturated carbocycles. The molecular weight excluding hydrogens is 182 g/mol. The fourth-order valence-corrected chi connectivity index (χ4v) is 2.51. The molecule has 1 saturated heterocycles. The van der Waals surface area contributed by atoms with E-state index in [4.69, 9.17) is 0 Å². The van der Waals surface area contributed by atoms with Crippen molar-refractivity contribution in [2.75, 3.05) is 0 Å². The molecule has 1 N–H and O–H groups in total. The second-order valence-corrected chi connectivity index (χ2v) is 4.20. The summed E-state index contributed by atoms with van der Waals surface area (Å²) in [4.78, 5) is 23.0. The molecule has 4 heteroatoms. The van der Waals surface area contributed by atoms with E-state index in [0.717, 1.165) is 5.57 Å². The quantitative estimate of drug-likeness (QED) is 0.356. The van der Waals surface area contributed by atoms with Crippen LogP contribution in [0.25, 0.3) is 0 Å². The normalized spacial score (nSPS) is 37.2. The van der Waals surface area contributed by atoms with Crippen LogP contribution in [0.3, 0.4) is 0 Å². The zero-order valence-electron chi connectivity index (χ0n) is 8.23. The number of hydroxylamine groups is 2. The zero-order valence-corrected chi connectivity index (χ0v) is 8.23. The van der Waals surface area contributed by atoms with Gasteiger partial charge in [0.15, 0.2) is 0 Å². The van der Waals surface area contributed by atoms with E-state index in [1.54, 1.807) is 0 Å². The van der Waals surface area contributed by atoms with Gasteiger partial charge in [-0.05, 0) is 19.3 Å². The Labute approximate surface area is 82.2 Å². The Morgan fingerprint density at radius 3 is 2.71 bits per heavy atom. The average molecular weight is 195 g/mol. The molecule has 1 fully saturated rings. The Bertz CT molecular complexity index is 334. The number of carbonyl (C=O) groups is 2. The van der Waals surface area contributed by atoms with Crippen LogP contribution in [0.2, 0.25) is 0 Å². The number of fused-ring (bicyclic) bond motifs is 1. The number of hydrogen-bond acceptors (Lipinski definition) is 3. The molecule has 2 amide bonds. The van der Waals surface area contributed by atoms with Crippen LogP contribution in [0.5, 0.6) is 0 Å². The molecule has 1 heterocycles. The highest BCUT2D eigenvalue weighted by molar-refractivity contribution is 6.04. The van der Waals surface area contributed by atoms with E-state index in [2.05, 4.69) is 0 Å². The molecule has 0 radical (unpaired) electrons. The molecule has 0 aromatic rings. The SMILES string of the molecule is CC1=C[C@H](C)[C@H]2C(=O)N(O)C(=O)[C@H]2C1. The van der Waals surface area contributed by atoms with Crippen molar-refractivity contribution in [3.8, 4) is 0 Å². The summed E-state index contributed by atoms with van der Waals surface area (Å²) >= 11 is 0. The Balaban J connectivity index is 2.37. The summed E-state index contributed by atoms with van der Waals surface area (Å²) in [5.74, 6) is -1.54. The van der Waals surface area contributed by atoms with Crippen molar-refractivity contribution in [3.05, 3.63) is 11.6 Å². The standard InChI is InChI=1S/C10H13NO3/c1-5-3-6(2)8-7(4-5)9(12)11(14)10(8)13/h3,6-8,14H,4H2,1-2H3/t6-,7-,8+/m0/s1. The smallest absolute Gasteiger partial charge is 0.257 e. The summed E-state index contributed by atoms with van der Waals surface area (Å²) in [7, 11) is 0. The minimum atomic E-state index is -0.448. The van der Waals surface area contributed by atoms with E-state index < -0.39 is 11.8 Å². The molecule has 4 nitrogen and oxygen atoms in total. The van der Waals surface area contributed by atoms with Crippen LogP contribution in [0.15, 0.2) is 11.6 Å². The summed E-state index contributed by atoms with van der Waals surface area (Å²) in [5.41, 5.74) is 1.12. The Morgan fingerprint density at radius 2 is 2.07 bits per heavy atom. The van der Waals surface area contributed by atoms with Gasteiger partial charge in [-0.3, -0.25) is 14.8 Å². The maximum absolute atomic E-state index is 11.5. The fraction of sp³-hybridized carbons (Fsp3) is 0.600. The minimum absolute atomic E-state index is 0.0438. The topological polar surface area (TPSA) is 57.6 Å². The predicted molar refractivity (Wildman–Crippen MR) is 48.2 cm³/mol. The summed E-state index contributed by atoms with van der Waals surface area (Å²) in [6.07, 6.45) is 2.60. The maximum atomic E-state index is 11.5. The van der Waals surface area contributed by atoms with Gasteiger partial charge in [-0.1, -0.05) is 18.6 Å². The van der Waals surface area contributed by atoms with Crippen LogP contribution in [-0.2, 0) is 9.59 Å². The highest BCUT2D eigenvalue weighted by Crippen LogP contribution is 2.39. The van der Waals surface area contributed by atoms with E-state index in [1.807, 2.05) is 19.9 Å². The monoisotopic (exact) mass is 195 g/mol. The molecule has 1 aliphatic carbocycles. The first-order valence-electron chi connectivity index (χ1n) is 4.76. The van der Waals surface area contributed by atoms with Gasteiger partial charge in [0.05, 0.1) is 11.8 Å². The number of amides is 2. The second-order valence-electron chi connectivity index (χ2n) is 4.20. The minimum Gasteiger partial charge on any atom is -0.278 e. The van der Waals surface area contributed by atoms with Crippen LogP contribution in [0.4, 0.5) is 0 Å². The molecule has 76 valence electrons. The van der Waals surface area contributed by atoms with Gasteiger partial charge in [0.2, 0.25) is 0 Å². The van der Waals surface area contributed by atoms with Gasteiger partial charge in [0, 0.05) is 0 Å². The summed E-state index contributed by atoms with van der Waals surface area (Å²) in [6.45, 7) is 3.86. The second kappa shape index (κ2) is 2.92. The zero-order chi connectivity index (χ0) is 10.5. The number of allylic oxidation sites excluding steroid dienone is 2. The predicted octanol–water partition coefficient (Wildman–Crippen LogP) is 0.963. The van der Waals surface area contributed by atoms with Gasteiger partial charge >= 0.3 is 0 Å². The molecular formula is C10H13NO3. The lowest BCUT2D eigenvalue weighted by molar-refractivity contribution is -0.173. The molecule has 2 aliphatic rings. The average Bonchev–Trinajstić information content (AvgIpc) is 2.31. The van der Waals surface area contributed by atoms with Crippen LogP contribution < -0.4 is 0 Å². The lowest BCUT2D eigenvalue weighted by Gasteiger charge is -2.25. The van der Waals surface area contributed by atoms with Gasteiger partial charge in [-0.2, -0.15) is 5.06 Å². The third kappa shape index (κ3) is 1.10. The summed E-state index contributed by atoms with van der Waals surface area (Å²) in [6, 6.07) is 0. The van der Waals surface area contributed by atoms with E-state index in [0.29, 0.717) is 6.42 Å². The number of hydrogen-bond donors (Lipinski definition) is 1. The van der Waals surface area contributed by atoms with Crippen LogP contribution in [-0.4, -0.2) is 22.1 Å². The number of imide groups is 1. The highest BCUT2D eigenvalue weighted by atomic mass is 16.5. The van der Waals surface area contributed by atoms with Crippen LogP contribution >= 0.6 is 0 Å². The van der Waals surface area contributed by atoms with Crippen molar-refractivity contribution in [3.63, 3.8) is 0 Å². The molecule has 0 aromatic carbocycles. The molecule has 0 bridgehead atoms. The first-order chi connectivity index (χ1) is 6.52. The lowest BCUT2D eigenvalue weighted by Crippen LogP contribution is -2.28. The number of carbonyl (C=O) groups excluding carboxylic acids is 2. The summed E-state index contributed by atoms with van der Waals surface area (Å²) < 4.78 is 0. The Hall–Kier alpha value is -1.16. The van der Waals surface area contributed by atoms with Crippen molar-refractivity contribution < 1.29 is 14.8 Å². The summed E-state index contributed by atoms with van der Waals surface area (Å²) in [5, 5.41) is 9.50. The third-order valence-corrected chi connectivity index (χ3v) is 3.11. The fourth-order valence-electron chi connectivity index (χ4n) is 2.51. The molecule has 0 unspecified atom stereocenters. The molecule has 0 spiro atoms. The molecule has 1 aliphatic heterocycles. The lowest BCUT2D eigenvalue weighted by atomic mass is 9.76.